The van der Waals surface area contributed by atoms with E-state index in [4.69, 9.17) is 17.0 Å². The molecule has 8 nitrogen and oxygen atoms in total. The number of hydrogen-bond donors (Lipinski definition) is 1. The Morgan fingerprint density at radius 2 is 1.95 bits per heavy atom. The Morgan fingerprint density at radius 1 is 1.18 bits per heavy atom. The van der Waals surface area contributed by atoms with Crippen LogP contribution in [0.3, 0.4) is 0 Å². The molecule has 1 saturated heterocycles. The molecular weight excluding hydrogens is 567 g/mol. The SMILES string of the molecule is CCN1C(=O)C(=c2sc(=Cc3ccc4c(c3)[C@@H]3CCC[C@@H]3N4c3ccc(OC)cc3)c(=O)n2CC(=O)O)SC1=S. The highest BCUT2D eigenvalue weighted by atomic mass is 32.2. The molecule has 0 bridgehead atoms. The van der Waals surface area contributed by atoms with Crippen molar-refractivity contribution in [2.24, 2.45) is 0 Å². The maximum atomic E-state index is 13.4. The van der Waals surface area contributed by atoms with Gasteiger partial charge in [-0.15, -0.1) is 11.3 Å². The Balaban J connectivity index is 1.45. The summed E-state index contributed by atoms with van der Waals surface area (Å²) in [7, 11) is 1.66. The molecule has 1 aliphatic carbocycles. The van der Waals surface area contributed by atoms with E-state index in [1.54, 1.807) is 13.2 Å². The quantitative estimate of drug-likeness (QED) is 0.434. The zero-order valence-electron chi connectivity index (χ0n) is 22.0. The molecule has 3 aromatic rings. The summed E-state index contributed by atoms with van der Waals surface area (Å²) < 4.78 is 7.63. The first-order valence-corrected chi connectivity index (χ1v) is 15.1. The normalized spacial score (nSPS) is 21.8. The Labute approximate surface area is 244 Å². The first-order valence-electron chi connectivity index (χ1n) is 13.1. The van der Waals surface area contributed by atoms with Crippen molar-refractivity contribution in [3.05, 3.63) is 73.1 Å². The number of aromatic nitrogens is 1. The van der Waals surface area contributed by atoms with Crippen molar-refractivity contribution in [1.82, 2.24) is 9.47 Å². The smallest absolute Gasteiger partial charge is 0.323 e. The third kappa shape index (κ3) is 4.46. The lowest BCUT2D eigenvalue weighted by atomic mass is 9.96. The number of thiazole rings is 1. The minimum atomic E-state index is -1.15. The number of anilines is 2. The molecule has 2 aliphatic heterocycles. The number of carboxylic acid groups (broad SMARTS) is 1. The molecule has 40 heavy (non-hydrogen) atoms. The molecule has 1 aromatic heterocycles. The van der Waals surface area contributed by atoms with E-state index in [0.717, 1.165) is 59.4 Å². The van der Waals surface area contributed by atoms with Crippen molar-refractivity contribution in [2.75, 3.05) is 18.6 Å². The van der Waals surface area contributed by atoms with Gasteiger partial charge in [0.1, 0.15) is 26.2 Å². The van der Waals surface area contributed by atoms with E-state index in [0.29, 0.717) is 36.9 Å². The molecule has 206 valence electrons. The largest absolute Gasteiger partial charge is 0.497 e. The molecule has 0 radical (unpaired) electrons. The second kappa shape index (κ2) is 10.5. The zero-order chi connectivity index (χ0) is 28.1. The van der Waals surface area contributed by atoms with Crippen LogP contribution in [0.2, 0.25) is 0 Å². The maximum absolute atomic E-state index is 13.4. The molecule has 1 saturated carbocycles. The first-order chi connectivity index (χ1) is 19.3. The molecule has 0 spiro atoms. The molecule has 3 heterocycles. The fourth-order valence-electron chi connectivity index (χ4n) is 5.96. The van der Waals surface area contributed by atoms with Gasteiger partial charge in [0, 0.05) is 29.9 Å². The van der Waals surface area contributed by atoms with Crippen molar-refractivity contribution in [3.8, 4) is 5.75 Å². The lowest BCUT2D eigenvalue weighted by Gasteiger charge is -2.27. The number of nitrogens with zero attached hydrogens (tertiary/aromatic N) is 3. The fraction of sp³-hybridized carbons (Fsp3) is 0.310. The summed E-state index contributed by atoms with van der Waals surface area (Å²) >= 11 is 7.59. The Hall–Kier alpha value is -3.41. The predicted molar refractivity (Wildman–Crippen MR) is 162 cm³/mol. The van der Waals surface area contributed by atoms with Crippen LogP contribution in [0.5, 0.6) is 5.75 Å². The minimum absolute atomic E-state index is 0.298. The van der Waals surface area contributed by atoms with Crippen molar-refractivity contribution in [2.45, 2.75) is 44.7 Å². The Bertz CT molecular complexity index is 1730. The number of methoxy groups -OCH3 is 1. The molecular formula is C29H27N3O5S3. The second-order valence-corrected chi connectivity index (χ2v) is 12.6. The number of hydrogen-bond acceptors (Lipinski definition) is 8. The van der Waals surface area contributed by atoms with Crippen LogP contribution in [0.25, 0.3) is 11.0 Å². The van der Waals surface area contributed by atoms with Crippen LogP contribution >= 0.6 is 35.3 Å². The number of carboxylic acids is 1. The minimum Gasteiger partial charge on any atom is -0.497 e. The van der Waals surface area contributed by atoms with Gasteiger partial charge in [0.15, 0.2) is 0 Å². The van der Waals surface area contributed by atoms with Crippen molar-refractivity contribution in [3.63, 3.8) is 0 Å². The third-order valence-corrected chi connectivity index (χ3v) is 10.4. The van der Waals surface area contributed by atoms with Crippen LogP contribution in [0.1, 0.15) is 43.2 Å². The fourth-order valence-corrected chi connectivity index (χ4v) is 8.60. The summed E-state index contributed by atoms with van der Waals surface area (Å²) in [6, 6.07) is 14.8. The lowest BCUT2D eigenvalue weighted by Crippen LogP contribution is -2.35. The standard InChI is InChI=1S/C29H27N3O5S3/c1-3-30-27(36)25(40-29(30)38)28-31(15-24(33)34)26(35)23(39-28)14-16-7-12-22-20(13-16)19-5-4-6-21(19)32(22)17-8-10-18(37-2)11-9-17/h7-14,19,21H,3-6,15H2,1-2H3,(H,33,34)/t19-,21-/m0/s1. The van der Waals surface area contributed by atoms with Gasteiger partial charge in [0.05, 0.1) is 11.6 Å². The van der Waals surface area contributed by atoms with Gasteiger partial charge in [-0.25, -0.2) is 0 Å². The van der Waals surface area contributed by atoms with E-state index in [1.807, 2.05) is 25.1 Å². The number of aliphatic carboxylic acids is 1. The Morgan fingerprint density at radius 3 is 2.62 bits per heavy atom. The molecule has 2 fully saturated rings. The summed E-state index contributed by atoms with van der Waals surface area (Å²) in [6.45, 7) is 1.70. The average Bonchev–Trinajstić information content (AvgIpc) is 3.67. The number of amides is 1. The van der Waals surface area contributed by atoms with Gasteiger partial charge in [-0.05, 0) is 73.4 Å². The number of carbonyl (C=O) groups is 2. The van der Waals surface area contributed by atoms with Crippen LogP contribution in [-0.4, -0.2) is 50.5 Å². The molecule has 11 heteroatoms. The van der Waals surface area contributed by atoms with Gasteiger partial charge in [0.25, 0.3) is 11.5 Å². The van der Waals surface area contributed by atoms with Crippen molar-refractivity contribution < 1.29 is 19.4 Å². The van der Waals surface area contributed by atoms with E-state index < -0.39 is 18.1 Å². The molecule has 2 aromatic carbocycles. The van der Waals surface area contributed by atoms with Gasteiger partial charge in [-0.3, -0.25) is 23.9 Å². The summed E-state index contributed by atoms with van der Waals surface area (Å²) in [4.78, 5) is 42.2. The zero-order valence-corrected chi connectivity index (χ0v) is 24.4. The molecule has 0 unspecified atom stereocenters. The van der Waals surface area contributed by atoms with Gasteiger partial charge in [-0.1, -0.05) is 36.5 Å². The highest BCUT2D eigenvalue weighted by molar-refractivity contribution is 8.30. The highest BCUT2D eigenvalue weighted by Gasteiger charge is 2.42. The van der Waals surface area contributed by atoms with E-state index in [1.165, 1.54) is 20.7 Å². The van der Waals surface area contributed by atoms with E-state index in [9.17, 15) is 19.5 Å². The molecule has 1 N–H and O–H groups in total. The van der Waals surface area contributed by atoms with Crippen LogP contribution in [0.4, 0.5) is 11.4 Å². The average molecular weight is 594 g/mol. The molecule has 3 aliphatic rings. The summed E-state index contributed by atoms with van der Waals surface area (Å²) in [5.74, 6) is -0.229. The molecule has 6 rings (SSSR count). The summed E-state index contributed by atoms with van der Waals surface area (Å²) in [5.41, 5.74) is 4.00. The van der Waals surface area contributed by atoms with E-state index in [2.05, 4.69) is 29.2 Å². The maximum Gasteiger partial charge on any atom is 0.323 e. The van der Waals surface area contributed by atoms with Gasteiger partial charge < -0.3 is 14.7 Å². The van der Waals surface area contributed by atoms with E-state index in [-0.39, 0.29) is 5.91 Å². The molecule has 2 atom stereocenters. The van der Waals surface area contributed by atoms with Crippen LogP contribution in [-0.2, 0) is 16.1 Å². The van der Waals surface area contributed by atoms with Gasteiger partial charge in [0.2, 0.25) is 0 Å². The van der Waals surface area contributed by atoms with Crippen LogP contribution < -0.4 is 24.4 Å². The predicted octanol–water partition coefficient (Wildman–Crippen LogP) is 3.61. The van der Waals surface area contributed by atoms with Crippen molar-refractivity contribution >= 4 is 73.9 Å². The number of rotatable bonds is 6. The van der Waals surface area contributed by atoms with Crippen LogP contribution in [0, 0.1) is 0 Å². The van der Waals surface area contributed by atoms with Crippen LogP contribution in [0.15, 0.2) is 47.3 Å². The number of ether oxygens (including phenoxy) is 1. The topological polar surface area (TPSA) is 92.1 Å². The second-order valence-electron chi connectivity index (χ2n) is 9.94. The number of carbonyl (C=O) groups excluding carboxylic acids is 1. The number of benzene rings is 2. The molecule has 1 amide bonds. The number of fused-ring (bicyclic) bond motifs is 3. The van der Waals surface area contributed by atoms with Gasteiger partial charge >= 0.3 is 5.97 Å². The lowest BCUT2D eigenvalue weighted by molar-refractivity contribution is -0.137. The van der Waals surface area contributed by atoms with Gasteiger partial charge in [-0.2, -0.15) is 0 Å². The number of thiocarbonyl (C=S) groups is 1. The Kier molecular flexibility index (Phi) is 7.05. The number of thioether (sulfide) groups is 1. The first kappa shape index (κ1) is 26.8. The van der Waals surface area contributed by atoms with E-state index >= 15 is 0 Å². The third-order valence-electron chi connectivity index (χ3n) is 7.73. The highest BCUT2D eigenvalue weighted by Crippen LogP contribution is 2.52. The summed E-state index contributed by atoms with van der Waals surface area (Å²) in [6.07, 6.45) is 5.17. The summed E-state index contributed by atoms with van der Waals surface area (Å²) in [5, 5.41) is 9.50. The monoisotopic (exact) mass is 593 g/mol. The van der Waals surface area contributed by atoms with Crippen molar-refractivity contribution in [1.29, 1.82) is 0 Å².